The van der Waals surface area contributed by atoms with Crippen molar-refractivity contribution in [2.45, 2.75) is 69.2 Å². The smallest absolute Gasteiger partial charge is 0.229 e. The lowest BCUT2D eigenvalue weighted by molar-refractivity contribution is -0.650. The average molecular weight is 374 g/mol. The number of rotatable bonds is 0. The Balaban J connectivity index is 2.63. The van der Waals surface area contributed by atoms with Crippen LogP contribution in [-0.4, -0.2) is 4.40 Å². The van der Waals surface area contributed by atoms with Crippen LogP contribution in [0.15, 0.2) is 0 Å². The van der Waals surface area contributed by atoms with Gasteiger partial charge in [-0.05, 0) is 94.3 Å². The molecule has 0 N–H and O–H groups in total. The molecule has 0 aliphatic carbocycles. The number of hydrogen-bond donors (Lipinski definition) is 0. The van der Waals surface area contributed by atoms with E-state index in [2.05, 4.69) is 85.3 Å². The molecular formula is C26H33N2+. The summed E-state index contributed by atoms with van der Waals surface area (Å²) >= 11 is 0. The van der Waals surface area contributed by atoms with E-state index in [1.807, 2.05) is 0 Å². The molecule has 0 aliphatic rings. The molecule has 4 rings (SSSR count). The second-order valence-electron chi connectivity index (χ2n) is 8.86. The summed E-state index contributed by atoms with van der Waals surface area (Å²) in [6.45, 7) is 22.8. The number of nitrogens with zero attached hydrogens (tertiary/aromatic N) is 2. The first kappa shape index (κ1) is 19.0. The molecule has 0 fully saturated rings. The molecule has 0 atom stereocenters. The number of pyridine rings is 1. The second-order valence-corrected chi connectivity index (χ2v) is 8.86. The molecule has 2 heteroatoms. The first-order valence-corrected chi connectivity index (χ1v) is 10.3. The van der Waals surface area contributed by atoms with Crippen LogP contribution in [0.3, 0.4) is 0 Å². The molecule has 4 aromatic rings. The Hall–Kier alpha value is -2.35. The predicted octanol–water partition coefficient (Wildman–Crippen LogP) is 6.15. The number of imidazole rings is 1. The first-order chi connectivity index (χ1) is 13.0. The van der Waals surface area contributed by atoms with Crippen LogP contribution < -0.4 is 4.57 Å². The monoisotopic (exact) mass is 373 g/mol. The van der Waals surface area contributed by atoms with Crippen molar-refractivity contribution in [2.24, 2.45) is 7.05 Å². The van der Waals surface area contributed by atoms with Gasteiger partial charge >= 0.3 is 0 Å². The number of aromatic nitrogens is 2. The molecule has 2 aromatic heterocycles. The molecule has 0 radical (unpaired) electrons. The number of benzene rings is 2. The third-order valence-corrected chi connectivity index (χ3v) is 7.93. The quantitative estimate of drug-likeness (QED) is 0.258. The fourth-order valence-electron chi connectivity index (χ4n) is 5.21. The van der Waals surface area contributed by atoms with E-state index in [4.69, 9.17) is 0 Å². The van der Waals surface area contributed by atoms with Gasteiger partial charge < -0.3 is 0 Å². The summed E-state index contributed by atoms with van der Waals surface area (Å²) in [6, 6.07) is 0. The Bertz CT molecular complexity index is 1240. The van der Waals surface area contributed by atoms with Gasteiger partial charge in [-0.15, -0.1) is 0 Å². The maximum Gasteiger partial charge on any atom is 0.295 e. The van der Waals surface area contributed by atoms with Crippen molar-refractivity contribution in [2.75, 3.05) is 0 Å². The summed E-state index contributed by atoms with van der Waals surface area (Å²) < 4.78 is 4.92. The third kappa shape index (κ3) is 2.01. The van der Waals surface area contributed by atoms with Gasteiger partial charge in [0.1, 0.15) is 16.9 Å². The summed E-state index contributed by atoms with van der Waals surface area (Å²) in [5, 5.41) is 4.29. The highest BCUT2D eigenvalue weighted by Crippen LogP contribution is 2.41. The van der Waals surface area contributed by atoms with E-state index in [9.17, 15) is 0 Å². The van der Waals surface area contributed by atoms with Crippen LogP contribution in [0, 0.1) is 69.2 Å². The molecule has 0 saturated carbocycles. The van der Waals surface area contributed by atoms with Gasteiger partial charge in [0.05, 0.1) is 12.4 Å². The Morgan fingerprint density at radius 2 is 0.929 bits per heavy atom. The zero-order valence-electron chi connectivity index (χ0n) is 19.4. The maximum absolute atomic E-state index is 2.53. The zero-order chi connectivity index (χ0) is 20.8. The third-order valence-electron chi connectivity index (χ3n) is 7.93. The van der Waals surface area contributed by atoms with Crippen molar-refractivity contribution < 1.29 is 4.57 Å². The molecule has 0 saturated heterocycles. The molecule has 2 heterocycles. The lowest BCUT2D eigenvalue weighted by atomic mass is 9.86. The Morgan fingerprint density at radius 3 is 1.46 bits per heavy atom. The lowest BCUT2D eigenvalue weighted by Gasteiger charge is -2.20. The Morgan fingerprint density at radius 1 is 0.500 bits per heavy atom. The van der Waals surface area contributed by atoms with Crippen LogP contribution in [0.5, 0.6) is 0 Å². The number of aryl methyl sites for hydroxylation is 6. The van der Waals surface area contributed by atoms with Gasteiger partial charge in [0.25, 0.3) is 5.65 Å². The summed E-state index contributed by atoms with van der Waals surface area (Å²) in [6.07, 6.45) is 0. The van der Waals surface area contributed by atoms with Crippen molar-refractivity contribution in [1.29, 1.82) is 0 Å². The van der Waals surface area contributed by atoms with E-state index in [1.54, 1.807) is 0 Å². The van der Waals surface area contributed by atoms with Gasteiger partial charge in [-0.25, -0.2) is 4.57 Å². The predicted molar refractivity (Wildman–Crippen MR) is 121 cm³/mol. The van der Waals surface area contributed by atoms with Crippen LogP contribution >= 0.6 is 0 Å². The van der Waals surface area contributed by atoms with Crippen LogP contribution in [-0.2, 0) is 7.05 Å². The van der Waals surface area contributed by atoms with Gasteiger partial charge in [-0.3, -0.25) is 0 Å². The SMILES string of the molecule is Cc1c(C)c(C)c2c(c1C)c1c(C)c(C)c(C)c(C)c1n1c(C)c(C)[n+](C)c21. The van der Waals surface area contributed by atoms with E-state index in [0.29, 0.717) is 0 Å². The van der Waals surface area contributed by atoms with Crippen molar-refractivity contribution in [3.05, 3.63) is 55.9 Å². The second kappa shape index (κ2) is 5.83. The Labute approximate surface area is 168 Å². The van der Waals surface area contributed by atoms with Gasteiger partial charge in [-0.1, -0.05) is 0 Å². The van der Waals surface area contributed by atoms with Gasteiger partial charge in [0.2, 0.25) is 0 Å². The van der Waals surface area contributed by atoms with Crippen molar-refractivity contribution in [3.63, 3.8) is 0 Å². The van der Waals surface area contributed by atoms with Gasteiger partial charge in [0, 0.05) is 30.2 Å². The van der Waals surface area contributed by atoms with Gasteiger partial charge in [0.15, 0.2) is 0 Å². The van der Waals surface area contributed by atoms with Crippen LogP contribution in [0.2, 0.25) is 0 Å². The highest BCUT2D eigenvalue weighted by Gasteiger charge is 2.29. The van der Waals surface area contributed by atoms with Gasteiger partial charge in [-0.2, -0.15) is 4.40 Å². The molecule has 0 bridgehead atoms. The van der Waals surface area contributed by atoms with E-state index >= 15 is 0 Å². The van der Waals surface area contributed by atoms with Crippen molar-refractivity contribution >= 4 is 27.3 Å². The molecule has 0 amide bonds. The molecule has 2 aromatic carbocycles. The van der Waals surface area contributed by atoms with Crippen molar-refractivity contribution in [3.8, 4) is 0 Å². The molecule has 2 nitrogen and oxygen atoms in total. The van der Waals surface area contributed by atoms with Crippen molar-refractivity contribution in [1.82, 2.24) is 4.40 Å². The fourth-order valence-corrected chi connectivity index (χ4v) is 5.21. The minimum atomic E-state index is 1.33. The normalized spacial score (nSPS) is 12.1. The van der Waals surface area contributed by atoms with Crippen LogP contribution in [0.4, 0.5) is 0 Å². The standard InChI is InChI=1S/C26H33N2/c1-12-13(2)18(7)24-22(16(12)5)23-17(6)14(3)15(4)19(8)25(23)28-21(10)20(9)27(11)26(24)28/h1-11H3/q+1. The van der Waals surface area contributed by atoms with E-state index in [0.717, 1.165) is 0 Å². The van der Waals surface area contributed by atoms with E-state index in [-0.39, 0.29) is 0 Å². The average Bonchev–Trinajstić information content (AvgIpc) is 2.90. The molecule has 0 spiro atoms. The molecule has 146 valence electrons. The van der Waals surface area contributed by atoms with Crippen LogP contribution in [0.1, 0.15) is 55.9 Å². The lowest BCUT2D eigenvalue weighted by Crippen LogP contribution is -2.30. The summed E-state index contributed by atoms with van der Waals surface area (Å²) in [7, 11) is 2.22. The minimum Gasteiger partial charge on any atom is -0.229 e. The van der Waals surface area contributed by atoms with E-state index < -0.39 is 0 Å². The molecule has 0 aliphatic heterocycles. The molecule has 28 heavy (non-hydrogen) atoms. The number of hydrogen-bond acceptors (Lipinski definition) is 0. The summed E-state index contributed by atoms with van der Waals surface area (Å²) in [5.41, 5.74) is 16.7. The highest BCUT2D eigenvalue weighted by molar-refractivity contribution is 6.17. The number of fused-ring (bicyclic) bond motifs is 6. The molecule has 0 unspecified atom stereocenters. The topological polar surface area (TPSA) is 8.29 Å². The Kier molecular flexibility index (Phi) is 3.95. The summed E-state index contributed by atoms with van der Waals surface area (Å²) in [4.78, 5) is 0. The van der Waals surface area contributed by atoms with E-state index in [1.165, 1.54) is 83.2 Å². The van der Waals surface area contributed by atoms with Crippen LogP contribution in [0.25, 0.3) is 27.3 Å². The minimum absolute atomic E-state index is 1.33. The highest BCUT2D eigenvalue weighted by atomic mass is 15.1. The largest absolute Gasteiger partial charge is 0.295 e. The summed E-state index contributed by atoms with van der Waals surface area (Å²) in [5.74, 6) is 0. The zero-order valence-corrected chi connectivity index (χ0v) is 19.4. The molecular weight excluding hydrogens is 340 g/mol. The maximum atomic E-state index is 2.53. The fraction of sp³-hybridized carbons (Fsp3) is 0.423. The first-order valence-electron chi connectivity index (χ1n) is 10.3.